The van der Waals surface area contributed by atoms with Crippen molar-refractivity contribution in [1.29, 1.82) is 0 Å². The van der Waals surface area contributed by atoms with Crippen molar-refractivity contribution < 1.29 is 17.9 Å². The molecule has 0 aromatic heterocycles. The summed E-state index contributed by atoms with van der Waals surface area (Å²) in [6.45, 7) is 4.52. The van der Waals surface area contributed by atoms with Gasteiger partial charge in [0.25, 0.3) is 0 Å². The van der Waals surface area contributed by atoms with Crippen molar-refractivity contribution in [2.45, 2.75) is 21.8 Å². The number of nitrogens with one attached hydrogen (secondary N) is 3. The monoisotopic (exact) mass is 459 g/mol. The number of amides is 1. The third kappa shape index (κ3) is 6.48. The van der Waals surface area contributed by atoms with Gasteiger partial charge in [-0.2, -0.15) is 0 Å². The molecule has 0 aliphatic rings. The summed E-state index contributed by atoms with van der Waals surface area (Å²) in [5, 5.41) is 8.68. The van der Waals surface area contributed by atoms with E-state index in [4.69, 9.17) is 51.8 Å². The van der Waals surface area contributed by atoms with E-state index in [-0.39, 0.29) is 15.8 Å². The molecule has 0 heterocycles. The molecule has 1 amide bonds. The average Bonchev–Trinajstić information content (AvgIpc) is 2.53. The molecule has 12 heteroatoms. The summed E-state index contributed by atoms with van der Waals surface area (Å²) >= 11 is 22.5. The second-order valence-corrected chi connectivity index (χ2v) is 9.52. The van der Waals surface area contributed by atoms with Crippen LogP contribution in [0.4, 0.5) is 5.69 Å². The molecule has 0 radical (unpaired) electrons. The van der Waals surface area contributed by atoms with Crippen molar-refractivity contribution in [1.82, 2.24) is 10.6 Å². The fraction of sp³-hybridized carbons (Fsp3) is 0.286. The Balaban J connectivity index is 3.02. The van der Waals surface area contributed by atoms with E-state index < -0.39 is 25.7 Å². The van der Waals surface area contributed by atoms with Gasteiger partial charge < -0.3 is 20.7 Å². The first kappa shape index (κ1) is 22.8. The number of thiocarbonyl (C=S) groups is 1. The van der Waals surface area contributed by atoms with E-state index in [9.17, 15) is 13.2 Å². The largest absolute Gasteiger partial charge is 0.495 e. The normalized spacial score (nSPS) is 12.7. The summed E-state index contributed by atoms with van der Waals surface area (Å²) in [7, 11) is -2.26. The second-order valence-electron chi connectivity index (χ2n) is 4.85. The number of rotatable bonds is 6. The molecule has 0 fully saturated rings. The van der Waals surface area contributed by atoms with Crippen molar-refractivity contribution in [3.05, 3.63) is 30.2 Å². The Morgan fingerprint density at radius 3 is 2.42 bits per heavy atom. The topological polar surface area (TPSA) is 96.5 Å². The standard InChI is InChI=1S/C14H16Cl3N3O4S2/c1-4-26(22,23)9-5-6-10(11(7-9)24-3)19-13(25)20-12(14(15,16)17)18-8(2)21/h4-7,12H,1H2,2-3H3,(H,18,21)(H2,19,20,25)/t12-/m0/s1. The lowest BCUT2D eigenvalue weighted by Crippen LogP contribution is -2.55. The van der Waals surface area contributed by atoms with Crippen molar-refractivity contribution in [3.63, 3.8) is 0 Å². The van der Waals surface area contributed by atoms with Crippen LogP contribution in [-0.2, 0) is 14.6 Å². The molecule has 0 bridgehead atoms. The number of hydrogen-bond donors (Lipinski definition) is 3. The van der Waals surface area contributed by atoms with Gasteiger partial charge in [0.2, 0.25) is 9.70 Å². The molecule has 0 saturated carbocycles. The van der Waals surface area contributed by atoms with Crippen molar-refractivity contribution in [2.24, 2.45) is 0 Å². The zero-order valence-corrected chi connectivity index (χ0v) is 17.6. The van der Waals surface area contributed by atoms with Crippen LogP contribution in [0.25, 0.3) is 0 Å². The summed E-state index contributed by atoms with van der Waals surface area (Å²) in [6.07, 6.45) is -1.10. The molecule has 0 aliphatic heterocycles. The highest BCUT2D eigenvalue weighted by molar-refractivity contribution is 7.94. The fourth-order valence-corrected chi connectivity index (χ4v) is 3.02. The van der Waals surface area contributed by atoms with Gasteiger partial charge in [0, 0.05) is 18.4 Å². The predicted molar refractivity (Wildman–Crippen MR) is 108 cm³/mol. The maximum absolute atomic E-state index is 11.8. The molecule has 3 N–H and O–H groups in total. The molecular formula is C14H16Cl3N3O4S2. The van der Waals surface area contributed by atoms with E-state index in [0.29, 0.717) is 5.69 Å². The first-order valence-corrected chi connectivity index (χ1v) is 9.96. The summed E-state index contributed by atoms with van der Waals surface area (Å²) in [6, 6.07) is 4.11. The van der Waals surface area contributed by atoms with Gasteiger partial charge in [-0.05, 0) is 24.4 Å². The zero-order valence-electron chi connectivity index (χ0n) is 13.7. The highest BCUT2D eigenvalue weighted by atomic mass is 35.6. The minimum absolute atomic E-state index is 0.00573. The molecular weight excluding hydrogens is 445 g/mol. The fourth-order valence-electron chi connectivity index (χ4n) is 1.74. The number of alkyl halides is 3. The lowest BCUT2D eigenvalue weighted by Gasteiger charge is -2.27. The van der Waals surface area contributed by atoms with Crippen LogP contribution in [0.2, 0.25) is 0 Å². The third-order valence-electron chi connectivity index (χ3n) is 2.92. The Morgan fingerprint density at radius 2 is 1.96 bits per heavy atom. The number of benzene rings is 1. The molecule has 7 nitrogen and oxygen atoms in total. The molecule has 1 rings (SSSR count). The Bertz CT molecular complexity index is 810. The van der Waals surface area contributed by atoms with Gasteiger partial charge in [0.05, 0.1) is 17.7 Å². The van der Waals surface area contributed by atoms with E-state index in [2.05, 4.69) is 22.5 Å². The lowest BCUT2D eigenvalue weighted by molar-refractivity contribution is -0.119. The smallest absolute Gasteiger partial charge is 0.228 e. The Morgan fingerprint density at radius 1 is 1.35 bits per heavy atom. The summed E-state index contributed by atoms with van der Waals surface area (Å²) < 4.78 is 27.0. The molecule has 0 unspecified atom stereocenters. The van der Waals surface area contributed by atoms with Gasteiger partial charge in [-0.1, -0.05) is 41.4 Å². The molecule has 1 atom stereocenters. The minimum Gasteiger partial charge on any atom is -0.495 e. The molecule has 1 aromatic rings. The number of ether oxygens (including phenoxy) is 1. The number of sulfone groups is 1. The van der Waals surface area contributed by atoms with Crippen molar-refractivity contribution in [3.8, 4) is 5.75 Å². The van der Waals surface area contributed by atoms with E-state index in [0.717, 1.165) is 5.41 Å². The van der Waals surface area contributed by atoms with Crippen molar-refractivity contribution in [2.75, 3.05) is 12.4 Å². The Kier molecular flexibility index (Phi) is 7.97. The van der Waals surface area contributed by atoms with Crippen LogP contribution < -0.4 is 20.7 Å². The Labute approximate surface area is 171 Å². The van der Waals surface area contributed by atoms with E-state index in [1.165, 1.54) is 32.2 Å². The molecule has 0 saturated heterocycles. The lowest BCUT2D eigenvalue weighted by atomic mass is 10.3. The predicted octanol–water partition coefficient (Wildman–Crippen LogP) is 2.73. The quantitative estimate of drug-likeness (QED) is 0.341. The van der Waals surface area contributed by atoms with Crippen LogP contribution in [0, 0.1) is 0 Å². The number of halogens is 3. The van der Waals surface area contributed by atoms with Crippen LogP contribution in [-0.4, -0.2) is 36.5 Å². The maximum atomic E-state index is 11.8. The van der Waals surface area contributed by atoms with Gasteiger partial charge in [0.15, 0.2) is 14.9 Å². The highest BCUT2D eigenvalue weighted by Gasteiger charge is 2.34. The van der Waals surface area contributed by atoms with E-state index in [1.54, 1.807) is 0 Å². The third-order valence-corrected chi connectivity index (χ3v) is 5.14. The minimum atomic E-state index is -3.62. The molecule has 0 spiro atoms. The molecule has 26 heavy (non-hydrogen) atoms. The van der Waals surface area contributed by atoms with Gasteiger partial charge in [-0.3, -0.25) is 4.79 Å². The second kappa shape index (κ2) is 9.09. The van der Waals surface area contributed by atoms with E-state index in [1.807, 2.05) is 0 Å². The Hall–Kier alpha value is -1.26. The van der Waals surface area contributed by atoms with Gasteiger partial charge in [0.1, 0.15) is 11.9 Å². The number of carbonyl (C=O) groups is 1. The molecule has 1 aromatic carbocycles. The van der Waals surface area contributed by atoms with E-state index >= 15 is 0 Å². The van der Waals surface area contributed by atoms with Crippen LogP contribution >= 0.6 is 47.0 Å². The summed E-state index contributed by atoms with van der Waals surface area (Å²) in [4.78, 5) is 11.2. The van der Waals surface area contributed by atoms with Gasteiger partial charge in [-0.25, -0.2) is 8.42 Å². The van der Waals surface area contributed by atoms with Gasteiger partial charge >= 0.3 is 0 Å². The first-order chi connectivity index (χ1) is 11.9. The van der Waals surface area contributed by atoms with Crippen LogP contribution in [0.15, 0.2) is 35.1 Å². The number of hydrogen-bond acceptors (Lipinski definition) is 5. The number of methoxy groups -OCH3 is 1. The zero-order chi connectivity index (χ0) is 20.1. The summed E-state index contributed by atoms with van der Waals surface area (Å²) in [5.74, 6) is -0.227. The van der Waals surface area contributed by atoms with Crippen LogP contribution in [0.5, 0.6) is 5.75 Å². The highest BCUT2D eigenvalue weighted by Crippen LogP contribution is 2.30. The SMILES string of the molecule is C=CS(=O)(=O)c1ccc(NC(=S)N[C@H](NC(C)=O)C(Cl)(Cl)Cl)c(OC)c1. The molecule has 0 aliphatic carbocycles. The first-order valence-electron chi connectivity index (χ1n) is 6.87. The number of carbonyl (C=O) groups excluding carboxylic acids is 1. The average molecular weight is 461 g/mol. The van der Waals surface area contributed by atoms with Crippen LogP contribution in [0.1, 0.15) is 6.92 Å². The molecule has 144 valence electrons. The summed E-state index contributed by atoms with van der Waals surface area (Å²) in [5.41, 5.74) is 0.360. The maximum Gasteiger partial charge on any atom is 0.228 e. The van der Waals surface area contributed by atoms with Crippen LogP contribution in [0.3, 0.4) is 0 Å². The number of anilines is 1. The van der Waals surface area contributed by atoms with Crippen molar-refractivity contribution >= 4 is 73.6 Å². The van der Waals surface area contributed by atoms with Gasteiger partial charge in [-0.15, -0.1) is 0 Å².